The molecule has 0 N–H and O–H groups in total. The minimum atomic E-state index is -0.282. The number of ether oxygens (including phenoxy) is 1. The van der Waals surface area contributed by atoms with Gasteiger partial charge in [0, 0.05) is 5.02 Å². The summed E-state index contributed by atoms with van der Waals surface area (Å²) in [5.41, 5.74) is 2.38. The summed E-state index contributed by atoms with van der Waals surface area (Å²) < 4.78 is 20.0. The second-order valence-corrected chi connectivity index (χ2v) is 9.57. The van der Waals surface area contributed by atoms with Crippen LogP contribution in [-0.4, -0.2) is 10.2 Å². The molecular weight excluding hydrogens is 521 g/mol. The summed E-state index contributed by atoms with van der Waals surface area (Å²) in [4.78, 5) is 14.9. The van der Waals surface area contributed by atoms with Gasteiger partial charge in [0.2, 0.25) is 0 Å². The van der Waals surface area contributed by atoms with E-state index in [9.17, 15) is 9.18 Å². The predicted octanol–water partition coefficient (Wildman–Crippen LogP) is 7.23. The zero-order valence-electron chi connectivity index (χ0n) is 15.8. The lowest BCUT2D eigenvalue weighted by molar-refractivity contribution is -0.113. The standard InChI is InChI=1S/C23H14BrClFNO2S2/c24-19-11-15(3-10-20(19)29-13-14-1-6-17(26)7-2-14)12-21-22(28)27(23(30)31-21)18-8-4-16(25)5-9-18/h1-12H,13H2/b21-12+. The highest BCUT2D eigenvalue weighted by Crippen LogP contribution is 2.37. The quantitative estimate of drug-likeness (QED) is 0.255. The van der Waals surface area contributed by atoms with Crippen LogP contribution in [0, 0.1) is 5.82 Å². The van der Waals surface area contributed by atoms with Crippen LogP contribution in [-0.2, 0) is 11.4 Å². The molecule has 1 amide bonds. The number of thiocarbonyl (C=S) groups is 1. The first-order valence-corrected chi connectivity index (χ1v) is 11.5. The van der Waals surface area contributed by atoms with Gasteiger partial charge in [-0.15, -0.1) is 0 Å². The van der Waals surface area contributed by atoms with Gasteiger partial charge in [-0.25, -0.2) is 4.39 Å². The lowest BCUT2D eigenvalue weighted by Crippen LogP contribution is -2.27. The maximum atomic E-state index is 13.0. The Hall–Kier alpha value is -2.19. The predicted molar refractivity (Wildman–Crippen MR) is 132 cm³/mol. The van der Waals surface area contributed by atoms with Gasteiger partial charge in [0.15, 0.2) is 4.32 Å². The number of halogens is 3. The normalized spacial score (nSPS) is 15.1. The summed E-state index contributed by atoms with van der Waals surface area (Å²) in [6, 6.07) is 18.7. The smallest absolute Gasteiger partial charge is 0.270 e. The molecule has 3 aromatic carbocycles. The number of carbonyl (C=O) groups excluding carboxylic acids is 1. The molecule has 1 heterocycles. The minimum Gasteiger partial charge on any atom is -0.488 e. The molecule has 4 rings (SSSR count). The van der Waals surface area contributed by atoms with Crippen LogP contribution in [0.4, 0.5) is 10.1 Å². The zero-order chi connectivity index (χ0) is 22.0. The van der Waals surface area contributed by atoms with E-state index in [1.165, 1.54) is 28.8 Å². The number of hydrogen-bond donors (Lipinski definition) is 0. The third kappa shape index (κ3) is 5.18. The largest absolute Gasteiger partial charge is 0.488 e. The second-order valence-electron chi connectivity index (χ2n) is 6.60. The van der Waals surface area contributed by atoms with E-state index in [1.54, 1.807) is 42.5 Å². The Morgan fingerprint density at radius 2 is 1.81 bits per heavy atom. The van der Waals surface area contributed by atoms with Crippen LogP contribution < -0.4 is 9.64 Å². The van der Waals surface area contributed by atoms with Gasteiger partial charge in [-0.3, -0.25) is 9.69 Å². The SMILES string of the molecule is O=C1/C(=C\c2ccc(OCc3ccc(F)cc3)c(Br)c2)SC(=S)N1c1ccc(Cl)cc1. The number of hydrogen-bond acceptors (Lipinski definition) is 4. The van der Waals surface area contributed by atoms with E-state index >= 15 is 0 Å². The first-order chi connectivity index (χ1) is 14.9. The number of carbonyl (C=O) groups is 1. The van der Waals surface area contributed by atoms with Gasteiger partial charge < -0.3 is 4.74 Å². The molecular formula is C23H14BrClFNO2S2. The fraction of sp³-hybridized carbons (Fsp3) is 0.0435. The molecule has 0 spiro atoms. The van der Waals surface area contributed by atoms with Gasteiger partial charge in [0.1, 0.15) is 18.2 Å². The molecule has 0 unspecified atom stereocenters. The van der Waals surface area contributed by atoms with E-state index in [2.05, 4.69) is 15.9 Å². The third-order valence-corrected chi connectivity index (χ3v) is 6.61. The molecule has 0 radical (unpaired) electrons. The van der Waals surface area contributed by atoms with Crippen molar-refractivity contribution in [3.8, 4) is 5.75 Å². The summed E-state index contributed by atoms with van der Waals surface area (Å²) in [6.45, 7) is 0.317. The maximum Gasteiger partial charge on any atom is 0.270 e. The van der Waals surface area contributed by atoms with Crippen LogP contribution in [0.15, 0.2) is 76.1 Å². The fourth-order valence-corrected chi connectivity index (χ4v) is 4.83. The van der Waals surface area contributed by atoms with Crippen molar-refractivity contribution in [2.24, 2.45) is 0 Å². The first-order valence-electron chi connectivity index (χ1n) is 9.11. The summed E-state index contributed by atoms with van der Waals surface area (Å²) in [5.74, 6) is 0.191. The van der Waals surface area contributed by atoms with Gasteiger partial charge in [-0.05, 0) is 81.7 Å². The number of anilines is 1. The summed E-state index contributed by atoms with van der Waals surface area (Å²) in [7, 11) is 0. The number of amides is 1. The monoisotopic (exact) mass is 533 g/mol. The summed E-state index contributed by atoms with van der Waals surface area (Å²) in [6.07, 6.45) is 1.80. The van der Waals surface area contributed by atoms with Crippen molar-refractivity contribution in [2.45, 2.75) is 6.61 Å². The van der Waals surface area contributed by atoms with Crippen molar-refractivity contribution in [2.75, 3.05) is 4.90 Å². The van der Waals surface area contributed by atoms with E-state index in [0.29, 0.717) is 32.3 Å². The van der Waals surface area contributed by atoms with Crippen molar-refractivity contribution in [3.63, 3.8) is 0 Å². The summed E-state index contributed by atoms with van der Waals surface area (Å²) >= 11 is 16.1. The zero-order valence-corrected chi connectivity index (χ0v) is 19.8. The molecule has 8 heteroatoms. The molecule has 3 aromatic rings. The fourth-order valence-electron chi connectivity index (χ4n) is 2.90. The Kier molecular flexibility index (Phi) is 6.77. The molecule has 1 aliphatic rings. The molecule has 0 aliphatic carbocycles. The van der Waals surface area contributed by atoms with Crippen LogP contribution in [0.3, 0.4) is 0 Å². The molecule has 0 atom stereocenters. The van der Waals surface area contributed by atoms with Crippen molar-refractivity contribution in [1.29, 1.82) is 0 Å². The van der Waals surface area contributed by atoms with Crippen molar-refractivity contribution in [1.82, 2.24) is 0 Å². The molecule has 0 bridgehead atoms. The molecule has 0 saturated carbocycles. The topological polar surface area (TPSA) is 29.5 Å². The number of nitrogens with zero attached hydrogens (tertiary/aromatic N) is 1. The second kappa shape index (κ2) is 9.53. The molecule has 31 heavy (non-hydrogen) atoms. The highest BCUT2D eigenvalue weighted by molar-refractivity contribution is 9.10. The molecule has 156 valence electrons. The van der Waals surface area contributed by atoms with Gasteiger partial charge in [0.05, 0.1) is 15.1 Å². The van der Waals surface area contributed by atoms with Gasteiger partial charge in [-0.1, -0.05) is 53.8 Å². The van der Waals surface area contributed by atoms with E-state index in [1.807, 2.05) is 18.2 Å². The van der Waals surface area contributed by atoms with Crippen LogP contribution in [0.1, 0.15) is 11.1 Å². The Morgan fingerprint density at radius 1 is 1.10 bits per heavy atom. The maximum absolute atomic E-state index is 13.0. The van der Waals surface area contributed by atoms with Crippen molar-refractivity contribution in [3.05, 3.63) is 98.1 Å². The average Bonchev–Trinajstić information content (AvgIpc) is 3.02. The number of rotatable bonds is 5. The van der Waals surface area contributed by atoms with E-state index < -0.39 is 0 Å². The third-order valence-electron chi connectivity index (χ3n) is 4.44. The van der Waals surface area contributed by atoms with Crippen LogP contribution >= 0.6 is 51.5 Å². The lowest BCUT2D eigenvalue weighted by Gasteiger charge is -2.14. The van der Waals surface area contributed by atoms with Crippen LogP contribution in [0.5, 0.6) is 5.75 Å². The van der Waals surface area contributed by atoms with Gasteiger partial charge in [-0.2, -0.15) is 0 Å². The van der Waals surface area contributed by atoms with E-state index in [-0.39, 0.29) is 11.7 Å². The molecule has 0 aromatic heterocycles. The average molecular weight is 535 g/mol. The Balaban J connectivity index is 1.49. The Morgan fingerprint density at radius 3 is 2.48 bits per heavy atom. The van der Waals surface area contributed by atoms with Crippen LogP contribution in [0.2, 0.25) is 5.02 Å². The highest BCUT2D eigenvalue weighted by atomic mass is 79.9. The Labute approximate surface area is 202 Å². The molecule has 1 fully saturated rings. The highest BCUT2D eigenvalue weighted by Gasteiger charge is 2.33. The summed E-state index contributed by atoms with van der Waals surface area (Å²) in [5, 5.41) is 0.594. The number of thioether (sulfide) groups is 1. The van der Waals surface area contributed by atoms with E-state index in [4.69, 9.17) is 28.6 Å². The van der Waals surface area contributed by atoms with Gasteiger partial charge >= 0.3 is 0 Å². The van der Waals surface area contributed by atoms with Gasteiger partial charge in [0.25, 0.3) is 5.91 Å². The van der Waals surface area contributed by atoms with Crippen molar-refractivity contribution < 1.29 is 13.9 Å². The minimum absolute atomic E-state index is 0.176. The molecule has 3 nitrogen and oxygen atoms in total. The lowest BCUT2D eigenvalue weighted by atomic mass is 10.2. The molecule has 1 aliphatic heterocycles. The first kappa shape index (κ1) is 22.0. The Bertz CT molecular complexity index is 1180. The number of benzene rings is 3. The molecule has 1 saturated heterocycles. The van der Waals surface area contributed by atoms with Crippen LogP contribution in [0.25, 0.3) is 6.08 Å². The van der Waals surface area contributed by atoms with E-state index in [0.717, 1.165) is 15.6 Å². The van der Waals surface area contributed by atoms with Crippen molar-refractivity contribution >= 4 is 73.5 Å².